The van der Waals surface area contributed by atoms with E-state index < -0.39 is 5.60 Å². The third-order valence-corrected chi connectivity index (χ3v) is 7.07. The average molecular weight is 383 g/mol. The molecule has 4 nitrogen and oxygen atoms in total. The summed E-state index contributed by atoms with van der Waals surface area (Å²) in [6.45, 7) is 3.98. The van der Waals surface area contributed by atoms with Gasteiger partial charge in [-0.3, -0.25) is 9.69 Å². The zero-order valence-corrected chi connectivity index (χ0v) is 17.1. The maximum Gasteiger partial charge on any atom is 0.217 e. The van der Waals surface area contributed by atoms with Crippen molar-refractivity contribution in [2.75, 3.05) is 13.1 Å². The Bertz CT molecular complexity index is 703. The fourth-order valence-corrected chi connectivity index (χ4v) is 5.01. The van der Waals surface area contributed by atoms with Crippen molar-refractivity contribution in [3.05, 3.63) is 41.0 Å². The first kappa shape index (κ1) is 19.7. The van der Waals surface area contributed by atoms with Crippen LogP contribution in [0.4, 0.5) is 0 Å². The molecule has 4 rings (SSSR count). The predicted octanol–water partition coefficient (Wildman–Crippen LogP) is 3.98. The van der Waals surface area contributed by atoms with E-state index in [1.165, 1.54) is 50.8 Å². The van der Waals surface area contributed by atoms with Crippen LogP contribution >= 0.6 is 0 Å². The number of hydrogen-bond donors (Lipinski definition) is 2. The second-order valence-corrected chi connectivity index (χ2v) is 9.05. The summed E-state index contributed by atoms with van der Waals surface area (Å²) in [5, 5.41) is 14.1. The van der Waals surface area contributed by atoms with Gasteiger partial charge in [0, 0.05) is 32.1 Å². The van der Waals surface area contributed by atoms with Crippen molar-refractivity contribution in [2.45, 2.75) is 82.4 Å². The molecule has 0 spiro atoms. The molecule has 0 unspecified atom stereocenters. The van der Waals surface area contributed by atoms with Crippen LogP contribution in [0, 0.1) is 0 Å². The molecule has 1 aliphatic heterocycles. The van der Waals surface area contributed by atoms with Crippen molar-refractivity contribution in [3.63, 3.8) is 0 Å². The number of benzene rings is 1. The highest BCUT2D eigenvalue weighted by molar-refractivity contribution is 5.73. The first-order chi connectivity index (χ1) is 13.5. The topological polar surface area (TPSA) is 52.6 Å². The molecular formula is C24H34N2O2. The minimum atomic E-state index is -0.755. The minimum absolute atomic E-state index is 0.0198. The molecule has 0 aromatic heterocycles. The number of hydrogen-bond acceptors (Lipinski definition) is 3. The molecule has 1 heterocycles. The molecule has 2 N–H and O–H groups in total. The molecule has 3 aliphatic rings. The fraction of sp³-hybridized carbons (Fsp3) is 0.625. The summed E-state index contributed by atoms with van der Waals surface area (Å²) in [7, 11) is 0. The first-order valence-electron chi connectivity index (χ1n) is 11.1. The third-order valence-electron chi connectivity index (χ3n) is 7.07. The van der Waals surface area contributed by atoms with Crippen molar-refractivity contribution in [1.82, 2.24) is 10.2 Å². The van der Waals surface area contributed by atoms with Crippen LogP contribution < -0.4 is 5.32 Å². The molecular weight excluding hydrogens is 348 g/mol. The molecule has 1 amide bonds. The molecule has 1 aromatic rings. The number of rotatable bonds is 4. The van der Waals surface area contributed by atoms with E-state index in [0.717, 1.165) is 24.4 Å². The number of carbonyl (C=O) groups excluding carboxylic acids is 1. The quantitative estimate of drug-likeness (QED) is 0.828. The molecule has 2 saturated carbocycles. The summed E-state index contributed by atoms with van der Waals surface area (Å²) in [5.74, 6) is 0.0198. The maximum atomic E-state index is 11.2. The maximum absolute atomic E-state index is 11.2. The highest BCUT2D eigenvalue weighted by Gasteiger charge is 2.35. The highest BCUT2D eigenvalue weighted by Crippen LogP contribution is 2.37. The van der Waals surface area contributed by atoms with Crippen LogP contribution in [0.25, 0.3) is 6.08 Å². The number of piperidine rings is 1. The molecule has 1 aromatic carbocycles. The largest absolute Gasteiger partial charge is 0.385 e. The Labute approximate surface area is 169 Å². The third kappa shape index (κ3) is 4.49. The smallest absolute Gasteiger partial charge is 0.217 e. The van der Waals surface area contributed by atoms with Gasteiger partial charge in [-0.2, -0.15) is 0 Å². The number of nitrogens with one attached hydrogen (secondary N) is 1. The van der Waals surface area contributed by atoms with Gasteiger partial charge in [0.2, 0.25) is 5.91 Å². The zero-order valence-electron chi connectivity index (χ0n) is 17.1. The van der Waals surface area contributed by atoms with Crippen molar-refractivity contribution in [3.8, 4) is 0 Å². The van der Waals surface area contributed by atoms with Crippen LogP contribution in [0.2, 0.25) is 0 Å². The Hall–Kier alpha value is -1.65. The van der Waals surface area contributed by atoms with Crippen molar-refractivity contribution >= 4 is 12.0 Å². The Balaban J connectivity index is 1.33. The monoisotopic (exact) mass is 382 g/mol. The number of aliphatic hydroxyl groups is 1. The van der Waals surface area contributed by atoms with E-state index in [-0.39, 0.29) is 11.9 Å². The highest BCUT2D eigenvalue weighted by atomic mass is 16.3. The van der Waals surface area contributed by atoms with Crippen molar-refractivity contribution in [2.24, 2.45) is 0 Å². The van der Waals surface area contributed by atoms with Gasteiger partial charge in [-0.1, -0.05) is 42.3 Å². The van der Waals surface area contributed by atoms with Crippen molar-refractivity contribution in [1.29, 1.82) is 0 Å². The zero-order chi connectivity index (χ0) is 19.6. The van der Waals surface area contributed by atoms with E-state index in [4.69, 9.17) is 0 Å². The summed E-state index contributed by atoms with van der Waals surface area (Å²) in [6.07, 6.45) is 12.0. The van der Waals surface area contributed by atoms with Crippen LogP contribution in [0.5, 0.6) is 0 Å². The second-order valence-electron chi connectivity index (χ2n) is 9.05. The average Bonchev–Trinajstić information content (AvgIpc) is 2.64. The Morgan fingerprint density at radius 3 is 2.29 bits per heavy atom. The van der Waals surface area contributed by atoms with Crippen LogP contribution in [0.1, 0.15) is 75.8 Å². The summed E-state index contributed by atoms with van der Waals surface area (Å²) in [4.78, 5) is 13.9. The molecule has 152 valence electrons. The molecule has 0 radical (unpaired) electrons. The summed E-state index contributed by atoms with van der Waals surface area (Å²) < 4.78 is 0. The summed E-state index contributed by atoms with van der Waals surface area (Å²) >= 11 is 0. The van der Waals surface area contributed by atoms with Gasteiger partial charge in [-0.25, -0.2) is 0 Å². The van der Waals surface area contributed by atoms with E-state index in [2.05, 4.69) is 40.6 Å². The van der Waals surface area contributed by atoms with Gasteiger partial charge in [-0.05, 0) is 62.5 Å². The molecule has 0 bridgehead atoms. The molecule has 2 aliphatic carbocycles. The van der Waals surface area contributed by atoms with Gasteiger partial charge < -0.3 is 10.4 Å². The standard InChI is InChI=1S/C24H34N2O2/c1-18(27)25-22-9-13-24(28,14-10-22)21-7-5-19(6-8-21)17-20-11-15-26(16-12-20)23-3-2-4-23/h5-8,17,22-23,28H,2-4,9-16H2,1H3,(H,25,27). The normalized spacial score (nSPS) is 29.2. The van der Waals surface area contributed by atoms with E-state index >= 15 is 0 Å². The number of nitrogens with zero attached hydrogens (tertiary/aromatic N) is 1. The molecule has 28 heavy (non-hydrogen) atoms. The first-order valence-corrected chi connectivity index (χ1v) is 11.1. The van der Waals surface area contributed by atoms with Gasteiger partial charge in [0.25, 0.3) is 0 Å². The van der Waals surface area contributed by atoms with E-state index in [0.29, 0.717) is 12.8 Å². The molecule has 0 atom stereocenters. The van der Waals surface area contributed by atoms with Crippen molar-refractivity contribution < 1.29 is 9.90 Å². The SMILES string of the molecule is CC(=O)NC1CCC(O)(c2ccc(C=C3CCN(C4CCC4)CC3)cc2)CC1. The minimum Gasteiger partial charge on any atom is -0.385 e. The van der Waals surface area contributed by atoms with E-state index in [9.17, 15) is 9.90 Å². The van der Waals surface area contributed by atoms with Gasteiger partial charge in [0.1, 0.15) is 0 Å². The van der Waals surface area contributed by atoms with Crippen LogP contribution in [-0.2, 0) is 10.4 Å². The summed E-state index contributed by atoms with van der Waals surface area (Å²) in [6, 6.07) is 9.55. The number of amides is 1. The lowest BCUT2D eigenvalue weighted by Crippen LogP contribution is -2.43. The molecule has 3 fully saturated rings. The Kier molecular flexibility index (Phi) is 5.88. The number of carbonyl (C=O) groups is 1. The van der Waals surface area contributed by atoms with E-state index in [1.807, 2.05) is 0 Å². The van der Waals surface area contributed by atoms with Crippen LogP contribution in [-0.4, -0.2) is 41.1 Å². The van der Waals surface area contributed by atoms with Gasteiger partial charge in [-0.15, -0.1) is 0 Å². The number of likely N-dealkylation sites (tertiary alicyclic amines) is 1. The molecule has 1 saturated heterocycles. The summed E-state index contributed by atoms with van der Waals surface area (Å²) in [5.41, 5.74) is 3.05. The van der Waals surface area contributed by atoms with E-state index in [1.54, 1.807) is 12.5 Å². The van der Waals surface area contributed by atoms with Gasteiger partial charge in [0.15, 0.2) is 0 Å². The lowest BCUT2D eigenvalue weighted by Gasteiger charge is -2.40. The Morgan fingerprint density at radius 1 is 1.11 bits per heavy atom. The second kappa shape index (κ2) is 8.38. The lowest BCUT2D eigenvalue weighted by atomic mass is 9.77. The van der Waals surface area contributed by atoms with Crippen LogP contribution in [0.3, 0.4) is 0 Å². The lowest BCUT2D eigenvalue weighted by molar-refractivity contribution is -0.120. The Morgan fingerprint density at radius 2 is 1.75 bits per heavy atom. The van der Waals surface area contributed by atoms with Crippen LogP contribution in [0.15, 0.2) is 29.8 Å². The van der Waals surface area contributed by atoms with Gasteiger partial charge in [0.05, 0.1) is 5.60 Å². The van der Waals surface area contributed by atoms with Gasteiger partial charge >= 0.3 is 0 Å². The fourth-order valence-electron chi connectivity index (χ4n) is 5.01. The molecule has 4 heteroatoms. The predicted molar refractivity (Wildman–Crippen MR) is 113 cm³/mol.